The van der Waals surface area contributed by atoms with Crippen molar-refractivity contribution in [3.63, 3.8) is 0 Å². The molecule has 6 heteroatoms. The zero-order valence-electron chi connectivity index (χ0n) is 14.5. The molecule has 0 radical (unpaired) electrons. The van der Waals surface area contributed by atoms with Gasteiger partial charge in [0.15, 0.2) is 0 Å². The van der Waals surface area contributed by atoms with Crippen LogP contribution in [0.4, 0.5) is 0 Å². The first-order valence-electron chi connectivity index (χ1n) is 8.27. The first kappa shape index (κ1) is 18.7. The number of hydrogen-bond donors (Lipinski definition) is 4. The molecule has 4 aromatic rings. The monoisotopic (exact) mass is 376 g/mol. The lowest BCUT2D eigenvalue weighted by atomic mass is 10.1. The van der Waals surface area contributed by atoms with E-state index in [2.05, 4.69) is 0 Å². The topological polar surface area (TPSA) is 115 Å². The molecule has 0 aliphatic carbocycles. The summed E-state index contributed by atoms with van der Waals surface area (Å²) in [6, 6.07) is 19.8. The summed E-state index contributed by atoms with van der Waals surface area (Å²) in [6.45, 7) is 0. The fourth-order valence-corrected chi connectivity index (χ4v) is 2.79. The first-order valence-corrected chi connectivity index (χ1v) is 8.27. The van der Waals surface area contributed by atoms with Gasteiger partial charge in [-0.15, -0.1) is 0 Å². The molecular formula is C22H16O6. The van der Waals surface area contributed by atoms with Gasteiger partial charge in [-0.3, -0.25) is 0 Å². The van der Waals surface area contributed by atoms with Crippen LogP contribution in [0.2, 0.25) is 0 Å². The van der Waals surface area contributed by atoms with Gasteiger partial charge in [-0.25, -0.2) is 9.59 Å². The van der Waals surface area contributed by atoms with Crippen LogP contribution < -0.4 is 0 Å². The summed E-state index contributed by atoms with van der Waals surface area (Å²) in [5.41, 5.74) is 0.187. The van der Waals surface area contributed by atoms with Crippen molar-refractivity contribution in [1.82, 2.24) is 0 Å². The Labute approximate surface area is 159 Å². The van der Waals surface area contributed by atoms with Gasteiger partial charge in [0.2, 0.25) is 0 Å². The van der Waals surface area contributed by atoms with Gasteiger partial charge in [0.1, 0.15) is 17.1 Å². The van der Waals surface area contributed by atoms with Gasteiger partial charge in [0.05, 0.1) is 5.56 Å². The fourth-order valence-electron chi connectivity index (χ4n) is 2.79. The van der Waals surface area contributed by atoms with Crippen molar-refractivity contribution in [2.75, 3.05) is 0 Å². The van der Waals surface area contributed by atoms with Crippen LogP contribution >= 0.6 is 0 Å². The molecule has 4 N–H and O–H groups in total. The predicted octanol–water partition coefficient (Wildman–Crippen LogP) is 4.49. The summed E-state index contributed by atoms with van der Waals surface area (Å²) in [4.78, 5) is 21.4. The molecule has 0 aromatic heterocycles. The van der Waals surface area contributed by atoms with Crippen molar-refractivity contribution in [2.24, 2.45) is 0 Å². The molecular weight excluding hydrogens is 360 g/mol. The van der Waals surface area contributed by atoms with Gasteiger partial charge in [0, 0.05) is 5.39 Å². The maximum Gasteiger partial charge on any atom is 0.339 e. The molecule has 0 amide bonds. The maximum absolute atomic E-state index is 10.7. The van der Waals surface area contributed by atoms with E-state index in [0.29, 0.717) is 5.39 Å². The molecule has 0 aliphatic rings. The summed E-state index contributed by atoms with van der Waals surface area (Å²) >= 11 is 0. The third kappa shape index (κ3) is 3.86. The van der Waals surface area contributed by atoms with Gasteiger partial charge < -0.3 is 20.4 Å². The minimum atomic E-state index is -1.12. The number of aromatic carboxylic acids is 2. The third-order valence-corrected chi connectivity index (χ3v) is 4.20. The Morgan fingerprint density at radius 2 is 1.29 bits per heavy atom. The van der Waals surface area contributed by atoms with Crippen LogP contribution in [0, 0.1) is 0 Å². The quantitative estimate of drug-likeness (QED) is 0.410. The molecule has 4 rings (SSSR count). The van der Waals surface area contributed by atoms with Crippen LogP contribution in [0.5, 0.6) is 11.5 Å². The van der Waals surface area contributed by atoms with Crippen molar-refractivity contribution < 1.29 is 30.0 Å². The summed E-state index contributed by atoms with van der Waals surface area (Å²) in [7, 11) is 0. The molecule has 6 nitrogen and oxygen atoms in total. The van der Waals surface area contributed by atoms with Gasteiger partial charge in [-0.2, -0.15) is 0 Å². The van der Waals surface area contributed by atoms with Crippen molar-refractivity contribution in [1.29, 1.82) is 0 Å². The highest BCUT2D eigenvalue weighted by Gasteiger charge is 2.11. The largest absolute Gasteiger partial charge is 0.508 e. The average molecular weight is 376 g/mol. The number of phenols is 2. The van der Waals surface area contributed by atoms with Crippen LogP contribution in [0.15, 0.2) is 72.8 Å². The second-order valence-electron chi connectivity index (χ2n) is 6.04. The molecule has 0 heterocycles. The molecule has 0 aliphatic heterocycles. The highest BCUT2D eigenvalue weighted by atomic mass is 16.4. The summed E-state index contributed by atoms with van der Waals surface area (Å²) in [5, 5.41) is 39.4. The van der Waals surface area contributed by atoms with E-state index in [-0.39, 0.29) is 22.6 Å². The zero-order chi connectivity index (χ0) is 20.3. The van der Waals surface area contributed by atoms with E-state index in [1.807, 2.05) is 12.1 Å². The van der Waals surface area contributed by atoms with Crippen LogP contribution in [0.3, 0.4) is 0 Å². The van der Waals surface area contributed by atoms with E-state index in [1.165, 1.54) is 18.2 Å². The first-order chi connectivity index (χ1) is 13.4. The van der Waals surface area contributed by atoms with E-state index >= 15 is 0 Å². The van der Waals surface area contributed by atoms with Gasteiger partial charge in [0.25, 0.3) is 0 Å². The van der Waals surface area contributed by atoms with E-state index < -0.39 is 11.9 Å². The standard InChI is InChI=1S/2C11H8O3/c12-10-4-3-7-5-9(11(13)14)2-1-8(7)6-10;12-10-8-4-2-1-3-7(8)5-6-9(10)11(13)14/h2*1-6,12H,(H,13,14). The SMILES string of the molecule is O=C(O)c1ccc2cc(O)ccc2c1.O=C(O)c1ccc2ccccc2c1O. The number of hydrogen-bond acceptors (Lipinski definition) is 4. The number of carboxylic acid groups (broad SMARTS) is 2. The number of benzene rings is 4. The predicted molar refractivity (Wildman–Crippen MR) is 105 cm³/mol. The number of phenolic OH excluding ortho intramolecular Hbond substituents is 1. The Balaban J connectivity index is 0.000000161. The smallest absolute Gasteiger partial charge is 0.339 e. The molecule has 4 aromatic carbocycles. The lowest BCUT2D eigenvalue weighted by molar-refractivity contribution is 0.0684. The lowest BCUT2D eigenvalue weighted by Crippen LogP contribution is -1.96. The second-order valence-corrected chi connectivity index (χ2v) is 6.04. The fraction of sp³-hybridized carbons (Fsp3) is 0. The van der Waals surface area contributed by atoms with Crippen LogP contribution in [-0.4, -0.2) is 32.4 Å². The molecule has 0 bridgehead atoms. The van der Waals surface area contributed by atoms with Crippen molar-refractivity contribution >= 4 is 33.5 Å². The minimum Gasteiger partial charge on any atom is -0.508 e. The normalized spacial score (nSPS) is 10.3. The second kappa shape index (κ2) is 7.67. The number of carbonyl (C=O) groups is 2. The zero-order valence-corrected chi connectivity index (χ0v) is 14.5. The molecule has 140 valence electrons. The van der Waals surface area contributed by atoms with E-state index in [0.717, 1.165) is 16.2 Å². The molecule has 0 atom stereocenters. The molecule has 0 unspecified atom stereocenters. The van der Waals surface area contributed by atoms with Crippen LogP contribution in [0.25, 0.3) is 21.5 Å². The van der Waals surface area contributed by atoms with Crippen molar-refractivity contribution in [3.05, 3.63) is 83.9 Å². The molecule has 28 heavy (non-hydrogen) atoms. The Morgan fingerprint density at radius 3 is 2.00 bits per heavy atom. The van der Waals surface area contributed by atoms with E-state index in [4.69, 9.17) is 10.2 Å². The van der Waals surface area contributed by atoms with Crippen molar-refractivity contribution in [2.45, 2.75) is 0 Å². The van der Waals surface area contributed by atoms with Crippen LogP contribution in [-0.2, 0) is 0 Å². The third-order valence-electron chi connectivity index (χ3n) is 4.20. The van der Waals surface area contributed by atoms with Gasteiger partial charge in [-0.1, -0.05) is 42.5 Å². The molecule has 0 spiro atoms. The molecule has 0 saturated heterocycles. The Morgan fingerprint density at radius 1 is 0.643 bits per heavy atom. The highest BCUT2D eigenvalue weighted by molar-refractivity contribution is 6.00. The number of fused-ring (bicyclic) bond motifs is 2. The van der Waals surface area contributed by atoms with Crippen LogP contribution in [0.1, 0.15) is 20.7 Å². The van der Waals surface area contributed by atoms with Gasteiger partial charge in [-0.05, 0) is 46.5 Å². The summed E-state index contributed by atoms with van der Waals surface area (Å²) < 4.78 is 0. The molecule has 0 saturated carbocycles. The van der Waals surface area contributed by atoms with Gasteiger partial charge >= 0.3 is 11.9 Å². The van der Waals surface area contributed by atoms with E-state index in [1.54, 1.807) is 42.5 Å². The lowest BCUT2D eigenvalue weighted by Gasteiger charge is -2.03. The minimum absolute atomic E-state index is 0.0660. The van der Waals surface area contributed by atoms with Crippen molar-refractivity contribution in [3.8, 4) is 11.5 Å². The average Bonchev–Trinajstić information content (AvgIpc) is 2.68. The molecule has 0 fully saturated rings. The van der Waals surface area contributed by atoms with E-state index in [9.17, 15) is 19.8 Å². The number of carboxylic acids is 2. The Bertz CT molecular complexity index is 1200. The Hall–Kier alpha value is -4.06. The maximum atomic E-state index is 10.7. The summed E-state index contributed by atoms with van der Waals surface area (Å²) in [6.07, 6.45) is 0. The number of aromatic hydroxyl groups is 2. The highest BCUT2D eigenvalue weighted by Crippen LogP contribution is 2.28. The summed E-state index contributed by atoms with van der Waals surface area (Å²) in [5.74, 6) is -2.05. The number of rotatable bonds is 2. The Kier molecular flexibility index (Phi) is 5.13.